The number of esters is 1. The summed E-state index contributed by atoms with van der Waals surface area (Å²) in [7, 11) is 1.34. The molecule has 0 radical (unpaired) electrons. The average molecular weight is 450 g/mol. The van der Waals surface area contributed by atoms with E-state index in [0.717, 1.165) is 6.07 Å². The normalized spacial score (nSPS) is 14.9. The SMILES string of the molecule is COc1cc(/C=C2\C(=O)NC(=O)N(c3ccccc3F)C2=O)ccc1OC(=O)c1ccco1. The van der Waals surface area contributed by atoms with Crippen molar-refractivity contribution < 1.29 is 37.5 Å². The molecule has 1 aromatic heterocycles. The number of methoxy groups -OCH3 is 1. The second kappa shape index (κ2) is 8.79. The fourth-order valence-corrected chi connectivity index (χ4v) is 3.08. The van der Waals surface area contributed by atoms with E-state index < -0.39 is 35.2 Å². The van der Waals surface area contributed by atoms with Crippen LogP contribution < -0.4 is 19.7 Å². The van der Waals surface area contributed by atoms with Crippen molar-refractivity contribution >= 4 is 35.6 Å². The first-order valence-electron chi connectivity index (χ1n) is 9.48. The number of furan rings is 1. The fraction of sp³-hybridized carbons (Fsp3) is 0.0435. The molecule has 0 aliphatic carbocycles. The summed E-state index contributed by atoms with van der Waals surface area (Å²) in [4.78, 5) is 50.1. The third-order valence-electron chi connectivity index (χ3n) is 4.62. The molecule has 10 heteroatoms. The summed E-state index contributed by atoms with van der Waals surface area (Å²) in [5.41, 5.74) is -0.373. The van der Waals surface area contributed by atoms with E-state index in [1.807, 2.05) is 5.32 Å². The molecule has 2 heterocycles. The van der Waals surface area contributed by atoms with Gasteiger partial charge in [0.15, 0.2) is 11.5 Å². The molecule has 0 spiro atoms. The number of ether oxygens (including phenoxy) is 2. The highest BCUT2D eigenvalue weighted by Crippen LogP contribution is 2.31. The minimum Gasteiger partial charge on any atom is -0.493 e. The molecule has 33 heavy (non-hydrogen) atoms. The van der Waals surface area contributed by atoms with Gasteiger partial charge in [-0.3, -0.25) is 14.9 Å². The number of nitrogens with one attached hydrogen (secondary N) is 1. The van der Waals surface area contributed by atoms with Gasteiger partial charge in [0.05, 0.1) is 19.1 Å². The molecule has 0 unspecified atom stereocenters. The monoisotopic (exact) mass is 450 g/mol. The summed E-state index contributed by atoms with van der Waals surface area (Å²) in [5.74, 6) is -3.29. The van der Waals surface area contributed by atoms with E-state index in [9.17, 15) is 23.6 Å². The number of para-hydroxylation sites is 1. The van der Waals surface area contributed by atoms with Crippen LogP contribution in [-0.4, -0.2) is 30.9 Å². The van der Waals surface area contributed by atoms with Crippen LogP contribution in [0.25, 0.3) is 6.08 Å². The van der Waals surface area contributed by atoms with Crippen molar-refractivity contribution in [1.29, 1.82) is 0 Å². The van der Waals surface area contributed by atoms with Gasteiger partial charge in [0.25, 0.3) is 11.8 Å². The summed E-state index contributed by atoms with van der Waals surface area (Å²) >= 11 is 0. The van der Waals surface area contributed by atoms with Crippen LogP contribution in [0.2, 0.25) is 0 Å². The van der Waals surface area contributed by atoms with Crippen LogP contribution >= 0.6 is 0 Å². The van der Waals surface area contributed by atoms with Gasteiger partial charge in [-0.25, -0.2) is 18.9 Å². The highest BCUT2D eigenvalue weighted by molar-refractivity contribution is 6.39. The van der Waals surface area contributed by atoms with Crippen molar-refractivity contribution in [3.8, 4) is 11.5 Å². The van der Waals surface area contributed by atoms with Gasteiger partial charge in [0.1, 0.15) is 11.4 Å². The summed E-state index contributed by atoms with van der Waals surface area (Å²) in [6, 6.07) is 11.4. The maximum atomic E-state index is 14.2. The van der Waals surface area contributed by atoms with Gasteiger partial charge in [0.2, 0.25) is 5.76 Å². The first-order valence-corrected chi connectivity index (χ1v) is 9.48. The lowest BCUT2D eigenvalue weighted by Crippen LogP contribution is -2.54. The Hall–Kier alpha value is -4.73. The van der Waals surface area contributed by atoms with Gasteiger partial charge in [-0.05, 0) is 48.0 Å². The molecule has 2 aromatic carbocycles. The molecule has 1 saturated heterocycles. The first kappa shape index (κ1) is 21.5. The zero-order valence-electron chi connectivity index (χ0n) is 17.0. The molecule has 1 fully saturated rings. The molecule has 1 N–H and O–H groups in total. The zero-order chi connectivity index (χ0) is 23.5. The second-order valence-corrected chi connectivity index (χ2v) is 6.69. The Morgan fingerprint density at radius 1 is 1.06 bits per heavy atom. The molecule has 0 saturated carbocycles. The highest BCUT2D eigenvalue weighted by atomic mass is 19.1. The van der Waals surface area contributed by atoms with E-state index in [1.165, 1.54) is 68.0 Å². The van der Waals surface area contributed by atoms with E-state index in [-0.39, 0.29) is 22.9 Å². The van der Waals surface area contributed by atoms with Crippen molar-refractivity contribution in [1.82, 2.24) is 5.32 Å². The van der Waals surface area contributed by atoms with E-state index >= 15 is 0 Å². The molecular weight excluding hydrogens is 435 g/mol. The highest BCUT2D eigenvalue weighted by Gasteiger charge is 2.38. The first-order chi connectivity index (χ1) is 15.9. The third kappa shape index (κ3) is 4.22. The maximum Gasteiger partial charge on any atom is 0.379 e. The minimum absolute atomic E-state index is 0.00868. The van der Waals surface area contributed by atoms with Crippen molar-refractivity contribution in [2.24, 2.45) is 0 Å². The molecule has 9 nitrogen and oxygen atoms in total. The number of hydrogen-bond donors (Lipinski definition) is 1. The number of urea groups is 1. The number of nitrogens with zero attached hydrogens (tertiary/aromatic N) is 1. The smallest absolute Gasteiger partial charge is 0.379 e. The number of carbonyl (C=O) groups is 4. The number of carbonyl (C=O) groups excluding carboxylic acids is 4. The number of barbiturate groups is 1. The van der Waals surface area contributed by atoms with Gasteiger partial charge in [-0.15, -0.1) is 0 Å². The van der Waals surface area contributed by atoms with Gasteiger partial charge in [-0.2, -0.15) is 0 Å². The molecule has 4 rings (SSSR count). The van der Waals surface area contributed by atoms with Gasteiger partial charge >= 0.3 is 12.0 Å². The molecule has 0 bridgehead atoms. The summed E-state index contributed by atoms with van der Waals surface area (Å²) in [5, 5.41) is 2.02. The fourth-order valence-electron chi connectivity index (χ4n) is 3.08. The molecule has 1 aliphatic rings. The van der Waals surface area contributed by atoms with E-state index in [1.54, 1.807) is 0 Å². The predicted molar refractivity (Wildman–Crippen MR) is 112 cm³/mol. The van der Waals surface area contributed by atoms with Crippen LogP contribution in [0.3, 0.4) is 0 Å². The van der Waals surface area contributed by atoms with Crippen molar-refractivity contribution in [3.05, 3.63) is 83.6 Å². The van der Waals surface area contributed by atoms with E-state index in [0.29, 0.717) is 10.5 Å². The Morgan fingerprint density at radius 3 is 2.55 bits per heavy atom. The quantitative estimate of drug-likeness (QED) is 0.274. The van der Waals surface area contributed by atoms with E-state index in [4.69, 9.17) is 13.9 Å². The third-order valence-corrected chi connectivity index (χ3v) is 4.62. The van der Waals surface area contributed by atoms with Crippen LogP contribution in [0.5, 0.6) is 11.5 Å². The van der Waals surface area contributed by atoms with Crippen LogP contribution in [-0.2, 0) is 9.59 Å². The summed E-state index contributed by atoms with van der Waals surface area (Å²) in [6.07, 6.45) is 2.53. The number of anilines is 1. The molecule has 1 aliphatic heterocycles. The number of imide groups is 2. The number of rotatable bonds is 5. The predicted octanol–water partition coefficient (Wildman–Crippen LogP) is 3.31. The number of halogens is 1. The van der Waals surface area contributed by atoms with Crippen LogP contribution in [0.4, 0.5) is 14.9 Å². The van der Waals surface area contributed by atoms with E-state index in [2.05, 4.69) is 0 Å². The molecular formula is C23H15FN2O7. The Bertz CT molecular complexity index is 1300. The molecule has 0 atom stereocenters. The van der Waals surface area contributed by atoms with Gasteiger partial charge in [-0.1, -0.05) is 18.2 Å². The lowest BCUT2D eigenvalue weighted by molar-refractivity contribution is -0.122. The molecule has 4 amide bonds. The Kier molecular flexibility index (Phi) is 5.73. The summed E-state index contributed by atoms with van der Waals surface area (Å²) < 4.78 is 29.6. The lowest BCUT2D eigenvalue weighted by Gasteiger charge is -2.26. The Balaban J connectivity index is 1.65. The molecule has 166 valence electrons. The van der Waals surface area contributed by atoms with Crippen LogP contribution in [0.1, 0.15) is 16.1 Å². The molecule has 3 aromatic rings. The topological polar surface area (TPSA) is 115 Å². The second-order valence-electron chi connectivity index (χ2n) is 6.69. The van der Waals surface area contributed by atoms with Crippen LogP contribution in [0, 0.1) is 5.82 Å². The Morgan fingerprint density at radius 2 is 1.85 bits per heavy atom. The standard InChI is InChI=1S/C23H15FN2O7/c1-31-19-12-13(8-9-17(19)33-22(29)18-7-4-10-32-18)11-14-20(27)25-23(30)26(21(14)28)16-6-3-2-5-15(16)24/h2-12H,1H3,(H,25,27,30)/b14-11+. The largest absolute Gasteiger partial charge is 0.493 e. The van der Waals surface area contributed by atoms with Crippen molar-refractivity contribution in [2.75, 3.05) is 12.0 Å². The van der Waals surface area contributed by atoms with Crippen molar-refractivity contribution in [3.63, 3.8) is 0 Å². The Labute approximate surface area is 186 Å². The lowest BCUT2D eigenvalue weighted by atomic mass is 10.1. The number of amides is 4. The number of benzene rings is 2. The van der Waals surface area contributed by atoms with Crippen LogP contribution in [0.15, 0.2) is 70.9 Å². The summed E-state index contributed by atoms with van der Waals surface area (Å²) in [6.45, 7) is 0. The number of hydrogen-bond acceptors (Lipinski definition) is 7. The minimum atomic E-state index is -1.06. The van der Waals surface area contributed by atoms with Crippen molar-refractivity contribution in [2.45, 2.75) is 0 Å². The maximum absolute atomic E-state index is 14.2. The van der Waals surface area contributed by atoms with Gasteiger partial charge in [0, 0.05) is 0 Å². The van der Waals surface area contributed by atoms with Gasteiger partial charge < -0.3 is 13.9 Å². The zero-order valence-corrected chi connectivity index (χ0v) is 17.0. The average Bonchev–Trinajstić information content (AvgIpc) is 3.34.